The van der Waals surface area contributed by atoms with E-state index in [9.17, 15) is 8.42 Å². The summed E-state index contributed by atoms with van der Waals surface area (Å²) in [6.07, 6.45) is 1.57. The first-order chi connectivity index (χ1) is 11.9. The Kier molecular flexibility index (Phi) is 6.40. The second kappa shape index (κ2) is 8.52. The summed E-state index contributed by atoms with van der Waals surface area (Å²) in [4.78, 5) is 1.97. The first kappa shape index (κ1) is 18.8. The van der Waals surface area contributed by atoms with Gasteiger partial charge in [0.1, 0.15) is 0 Å². The second-order valence-electron chi connectivity index (χ2n) is 5.79. The molecule has 0 aliphatic carbocycles. The van der Waals surface area contributed by atoms with Gasteiger partial charge in [0.15, 0.2) is 0 Å². The predicted octanol–water partition coefficient (Wildman–Crippen LogP) is 3.00. The maximum atomic E-state index is 12.0. The zero-order valence-electron chi connectivity index (χ0n) is 14.7. The summed E-state index contributed by atoms with van der Waals surface area (Å²) in [5.74, 6) is 5.86. The zero-order chi connectivity index (χ0) is 18.3. The predicted molar refractivity (Wildman–Crippen MR) is 105 cm³/mol. The molecule has 0 spiro atoms. The van der Waals surface area contributed by atoms with Crippen molar-refractivity contribution in [3.05, 3.63) is 70.6 Å². The molecule has 4 nitrogen and oxygen atoms in total. The van der Waals surface area contributed by atoms with E-state index in [2.05, 4.69) is 16.6 Å². The van der Waals surface area contributed by atoms with E-state index in [1.807, 2.05) is 74.4 Å². The third kappa shape index (κ3) is 6.11. The third-order valence-corrected chi connectivity index (χ3v) is 4.53. The van der Waals surface area contributed by atoms with E-state index in [-0.39, 0.29) is 6.54 Å². The Hall–Kier alpha value is -2.55. The lowest BCUT2D eigenvalue weighted by Crippen LogP contribution is -2.21. The first-order valence-corrected chi connectivity index (χ1v) is 9.42. The number of para-hydroxylation sites is 1. The fourth-order valence-corrected chi connectivity index (χ4v) is 2.85. The highest BCUT2D eigenvalue weighted by Gasteiger charge is 2.03. The van der Waals surface area contributed by atoms with Gasteiger partial charge in [0, 0.05) is 25.1 Å². The van der Waals surface area contributed by atoms with Gasteiger partial charge in [-0.25, -0.2) is 8.42 Å². The largest absolute Gasteiger partial charge is 0.377 e. The minimum atomic E-state index is -3.51. The average molecular weight is 354 g/mol. The molecule has 0 aliphatic rings. The quantitative estimate of drug-likeness (QED) is 0.840. The summed E-state index contributed by atoms with van der Waals surface area (Å²) in [5, 5.41) is 1.16. The number of rotatable bonds is 5. The van der Waals surface area contributed by atoms with Gasteiger partial charge in [-0.15, -0.1) is 0 Å². The number of hydrogen-bond acceptors (Lipinski definition) is 3. The van der Waals surface area contributed by atoms with Gasteiger partial charge in [0.25, 0.3) is 0 Å². The van der Waals surface area contributed by atoms with Gasteiger partial charge in [-0.05, 0) is 30.7 Å². The molecule has 0 unspecified atom stereocenters. The average Bonchev–Trinajstić information content (AvgIpc) is 2.58. The number of anilines is 1. The van der Waals surface area contributed by atoms with Crippen molar-refractivity contribution < 1.29 is 8.42 Å². The molecular formula is C20H22N2O2S. The molecule has 1 N–H and O–H groups in total. The van der Waals surface area contributed by atoms with Crippen LogP contribution in [0.4, 0.5) is 5.69 Å². The van der Waals surface area contributed by atoms with Crippen molar-refractivity contribution in [3.8, 4) is 11.8 Å². The first-order valence-electron chi connectivity index (χ1n) is 7.87. The maximum Gasteiger partial charge on any atom is 0.234 e. The van der Waals surface area contributed by atoms with E-state index in [0.29, 0.717) is 0 Å². The van der Waals surface area contributed by atoms with Crippen LogP contribution in [0.3, 0.4) is 0 Å². The summed E-state index contributed by atoms with van der Waals surface area (Å²) < 4.78 is 26.4. The maximum absolute atomic E-state index is 12.0. The van der Waals surface area contributed by atoms with Crippen molar-refractivity contribution in [1.29, 1.82) is 0 Å². The van der Waals surface area contributed by atoms with Crippen LogP contribution in [0, 0.1) is 18.8 Å². The van der Waals surface area contributed by atoms with Crippen molar-refractivity contribution in [2.45, 2.75) is 6.92 Å². The molecular weight excluding hydrogens is 332 g/mol. The molecule has 0 radical (unpaired) electrons. The summed E-state index contributed by atoms with van der Waals surface area (Å²) in [6.45, 7) is 2.04. The van der Waals surface area contributed by atoms with E-state index in [0.717, 1.165) is 27.8 Å². The fraction of sp³-hybridized carbons (Fsp3) is 0.200. The van der Waals surface area contributed by atoms with Crippen molar-refractivity contribution in [1.82, 2.24) is 4.72 Å². The summed E-state index contributed by atoms with van der Waals surface area (Å²) in [6, 6.07) is 15.4. The van der Waals surface area contributed by atoms with Crippen LogP contribution >= 0.6 is 0 Å². The van der Waals surface area contributed by atoms with E-state index in [1.54, 1.807) is 6.08 Å². The smallest absolute Gasteiger partial charge is 0.234 e. The van der Waals surface area contributed by atoms with Crippen LogP contribution in [0.1, 0.15) is 16.7 Å². The van der Waals surface area contributed by atoms with Crippen LogP contribution in [0.2, 0.25) is 0 Å². The minimum Gasteiger partial charge on any atom is -0.377 e. The monoisotopic (exact) mass is 354 g/mol. The van der Waals surface area contributed by atoms with Gasteiger partial charge in [-0.2, -0.15) is 4.72 Å². The highest BCUT2D eigenvalue weighted by molar-refractivity contribution is 7.92. The highest BCUT2D eigenvalue weighted by atomic mass is 32.2. The molecule has 0 saturated heterocycles. The Bertz CT molecular complexity index is 903. The SMILES string of the molecule is Cc1ccc(/C=C/S(=O)(=O)NCC#Cc2ccccc2N(C)C)cc1. The molecule has 0 amide bonds. The Morgan fingerprint density at radius 2 is 1.76 bits per heavy atom. The molecule has 0 fully saturated rings. The van der Waals surface area contributed by atoms with Gasteiger partial charge in [-0.3, -0.25) is 0 Å². The fourth-order valence-electron chi connectivity index (χ4n) is 2.14. The normalized spacial score (nSPS) is 11.2. The Labute approximate surface area is 150 Å². The van der Waals surface area contributed by atoms with Crippen LogP contribution in [-0.2, 0) is 10.0 Å². The van der Waals surface area contributed by atoms with Gasteiger partial charge in [0.05, 0.1) is 12.2 Å². The third-order valence-electron chi connectivity index (χ3n) is 3.49. The summed E-state index contributed by atoms with van der Waals surface area (Å²) >= 11 is 0. The van der Waals surface area contributed by atoms with Gasteiger partial charge >= 0.3 is 0 Å². The molecule has 2 aromatic carbocycles. The molecule has 130 valence electrons. The molecule has 0 saturated carbocycles. The molecule has 0 bridgehead atoms. The van der Waals surface area contributed by atoms with Crippen molar-refractivity contribution in [3.63, 3.8) is 0 Å². The van der Waals surface area contributed by atoms with E-state index < -0.39 is 10.0 Å². The van der Waals surface area contributed by atoms with Crippen LogP contribution in [-0.4, -0.2) is 29.1 Å². The number of benzene rings is 2. The van der Waals surface area contributed by atoms with Crippen LogP contribution < -0.4 is 9.62 Å². The van der Waals surface area contributed by atoms with Crippen molar-refractivity contribution in [2.75, 3.05) is 25.5 Å². The molecule has 5 heteroatoms. The van der Waals surface area contributed by atoms with Gasteiger partial charge in [0.2, 0.25) is 10.0 Å². The molecule has 25 heavy (non-hydrogen) atoms. The second-order valence-corrected chi connectivity index (χ2v) is 7.44. The minimum absolute atomic E-state index is 0.0579. The zero-order valence-corrected chi connectivity index (χ0v) is 15.5. The number of hydrogen-bond donors (Lipinski definition) is 1. The van der Waals surface area contributed by atoms with Gasteiger partial charge in [-0.1, -0.05) is 53.8 Å². The van der Waals surface area contributed by atoms with Crippen molar-refractivity contribution in [2.24, 2.45) is 0 Å². The van der Waals surface area contributed by atoms with Crippen LogP contribution in [0.15, 0.2) is 53.9 Å². The molecule has 0 atom stereocenters. The molecule has 0 aromatic heterocycles. The van der Waals surface area contributed by atoms with E-state index >= 15 is 0 Å². The Balaban J connectivity index is 1.98. The van der Waals surface area contributed by atoms with E-state index in [4.69, 9.17) is 0 Å². The lowest BCUT2D eigenvalue weighted by molar-refractivity contribution is 0.595. The topological polar surface area (TPSA) is 49.4 Å². The highest BCUT2D eigenvalue weighted by Crippen LogP contribution is 2.16. The standard InChI is InChI=1S/C20H22N2O2S/c1-17-10-12-18(13-11-17)14-16-25(23,24)21-15-6-8-19-7-4-5-9-20(19)22(2)3/h4-5,7,9-14,16,21H,15H2,1-3H3/b16-14+. The number of nitrogens with zero attached hydrogens (tertiary/aromatic N) is 1. The summed E-state index contributed by atoms with van der Waals surface area (Å²) in [7, 11) is 0.373. The number of aryl methyl sites for hydroxylation is 1. The van der Waals surface area contributed by atoms with Crippen molar-refractivity contribution >= 4 is 21.8 Å². The number of nitrogens with one attached hydrogen (secondary N) is 1. The van der Waals surface area contributed by atoms with Crippen LogP contribution in [0.5, 0.6) is 0 Å². The lowest BCUT2D eigenvalue weighted by Gasteiger charge is -2.13. The van der Waals surface area contributed by atoms with Crippen LogP contribution in [0.25, 0.3) is 6.08 Å². The summed E-state index contributed by atoms with van der Waals surface area (Å²) in [5.41, 5.74) is 3.83. The number of sulfonamides is 1. The van der Waals surface area contributed by atoms with Gasteiger partial charge < -0.3 is 4.90 Å². The molecule has 0 heterocycles. The molecule has 2 aromatic rings. The molecule has 0 aliphatic heterocycles. The van der Waals surface area contributed by atoms with E-state index in [1.165, 1.54) is 0 Å². The lowest BCUT2D eigenvalue weighted by atomic mass is 10.1. The Morgan fingerprint density at radius 3 is 2.44 bits per heavy atom. The molecule has 2 rings (SSSR count). The Morgan fingerprint density at radius 1 is 1.08 bits per heavy atom.